The maximum Gasteiger partial charge on any atom is 0.254 e. The van der Waals surface area contributed by atoms with E-state index < -0.39 is 9.84 Å². The van der Waals surface area contributed by atoms with Crippen molar-refractivity contribution in [2.45, 2.75) is 32.7 Å². The summed E-state index contributed by atoms with van der Waals surface area (Å²) >= 11 is 5.75. The fraction of sp³-hybridized carbons (Fsp3) is 0.636. The zero-order valence-electron chi connectivity index (χ0n) is 10.7. The van der Waals surface area contributed by atoms with Crippen LogP contribution in [0.25, 0.3) is 0 Å². The number of aromatic nitrogens is 2. The summed E-state index contributed by atoms with van der Waals surface area (Å²) in [4.78, 5) is 15.9. The first kappa shape index (κ1) is 15.2. The average molecular weight is 293 g/mol. The van der Waals surface area contributed by atoms with Crippen molar-refractivity contribution in [3.05, 3.63) is 27.4 Å². The molecule has 0 saturated heterocycles. The molecular formula is C11H17ClN2O3S. The number of nitrogens with zero attached hydrogens (tertiary/aromatic N) is 2. The minimum atomic E-state index is -3.01. The fourth-order valence-electron chi connectivity index (χ4n) is 1.65. The van der Waals surface area contributed by atoms with Gasteiger partial charge in [0.05, 0.1) is 5.75 Å². The molecule has 0 aliphatic heterocycles. The molecule has 18 heavy (non-hydrogen) atoms. The van der Waals surface area contributed by atoms with E-state index in [9.17, 15) is 13.2 Å². The third kappa shape index (κ3) is 4.42. The van der Waals surface area contributed by atoms with Gasteiger partial charge in [-0.1, -0.05) is 25.4 Å². The second kappa shape index (κ2) is 5.84. The fourth-order valence-corrected chi connectivity index (χ4v) is 2.48. The molecule has 1 heterocycles. The Kier molecular flexibility index (Phi) is 4.92. The normalized spacial score (nSPS) is 12.1. The summed E-state index contributed by atoms with van der Waals surface area (Å²) in [5, 5.41) is 0.170. The van der Waals surface area contributed by atoms with Gasteiger partial charge in [-0.25, -0.2) is 13.4 Å². The molecule has 1 rings (SSSR count). The largest absolute Gasteiger partial charge is 0.296 e. The first-order valence-electron chi connectivity index (χ1n) is 5.65. The molecule has 7 heteroatoms. The Morgan fingerprint density at radius 1 is 1.44 bits per heavy atom. The highest BCUT2D eigenvalue weighted by molar-refractivity contribution is 7.90. The SMILES string of the molecule is CC(C)c1nc(Cl)cc(=O)n1CCCS(C)(=O)=O. The Hall–Kier alpha value is -0.880. The van der Waals surface area contributed by atoms with E-state index in [4.69, 9.17) is 11.6 Å². The van der Waals surface area contributed by atoms with E-state index in [2.05, 4.69) is 4.98 Å². The Morgan fingerprint density at radius 2 is 2.06 bits per heavy atom. The molecule has 0 unspecified atom stereocenters. The van der Waals surface area contributed by atoms with Gasteiger partial charge < -0.3 is 0 Å². The van der Waals surface area contributed by atoms with E-state index >= 15 is 0 Å². The highest BCUT2D eigenvalue weighted by Gasteiger charge is 2.12. The molecule has 0 atom stereocenters. The molecule has 0 aromatic carbocycles. The Labute approximate surface area is 112 Å². The van der Waals surface area contributed by atoms with Crippen molar-refractivity contribution in [3.63, 3.8) is 0 Å². The first-order valence-corrected chi connectivity index (χ1v) is 8.09. The molecule has 0 fully saturated rings. The van der Waals surface area contributed by atoms with Crippen molar-refractivity contribution in [2.75, 3.05) is 12.0 Å². The lowest BCUT2D eigenvalue weighted by molar-refractivity contribution is 0.561. The van der Waals surface area contributed by atoms with E-state index in [1.807, 2.05) is 13.8 Å². The van der Waals surface area contributed by atoms with Gasteiger partial charge in [-0.3, -0.25) is 9.36 Å². The van der Waals surface area contributed by atoms with Gasteiger partial charge in [0.1, 0.15) is 20.8 Å². The maximum absolute atomic E-state index is 11.8. The molecule has 0 aliphatic carbocycles. The summed E-state index contributed by atoms with van der Waals surface area (Å²) < 4.78 is 23.6. The summed E-state index contributed by atoms with van der Waals surface area (Å²) in [5.41, 5.74) is -0.243. The first-order chi connectivity index (χ1) is 8.20. The summed E-state index contributed by atoms with van der Waals surface area (Å²) in [6, 6.07) is 1.24. The van der Waals surface area contributed by atoms with Crippen LogP contribution in [0.5, 0.6) is 0 Å². The quantitative estimate of drug-likeness (QED) is 0.770. The van der Waals surface area contributed by atoms with Gasteiger partial charge in [-0.15, -0.1) is 0 Å². The van der Waals surface area contributed by atoms with Crippen LogP contribution >= 0.6 is 11.6 Å². The van der Waals surface area contributed by atoms with Gasteiger partial charge in [-0.05, 0) is 6.42 Å². The average Bonchev–Trinajstić information content (AvgIpc) is 2.18. The molecule has 0 saturated carbocycles. The van der Waals surface area contributed by atoms with Crippen LogP contribution in [-0.4, -0.2) is 30.0 Å². The lowest BCUT2D eigenvalue weighted by Crippen LogP contribution is -2.26. The molecule has 5 nitrogen and oxygen atoms in total. The molecule has 0 N–H and O–H groups in total. The summed E-state index contributed by atoms with van der Waals surface area (Å²) in [6.07, 6.45) is 1.57. The van der Waals surface area contributed by atoms with E-state index in [1.54, 1.807) is 0 Å². The predicted octanol–water partition coefficient (Wildman–Crippen LogP) is 1.45. The lowest BCUT2D eigenvalue weighted by atomic mass is 10.2. The monoisotopic (exact) mass is 292 g/mol. The number of rotatable bonds is 5. The zero-order valence-corrected chi connectivity index (χ0v) is 12.3. The van der Waals surface area contributed by atoms with Gasteiger partial charge in [0.25, 0.3) is 5.56 Å². The van der Waals surface area contributed by atoms with Crippen LogP contribution in [0.4, 0.5) is 0 Å². The zero-order chi connectivity index (χ0) is 13.9. The highest BCUT2D eigenvalue weighted by atomic mass is 35.5. The van der Waals surface area contributed by atoms with Gasteiger partial charge >= 0.3 is 0 Å². The van der Waals surface area contributed by atoms with Gasteiger partial charge in [0.2, 0.25) is 0 Å². The highest BCUT2D eigenvalue weighted by Crippen LogP contribution is 2.13. The molecule has 0 radical (unpaired) electrons. The van der Waals surface area contributed by atoms with Crippen molar-refractivity contribution in [3.8, 4) is 0 Å². The van der Waals surface area contributed by atoms with E-state index in [0.29, 0.717) is 18.8 Å². The predicted molar refractivity (Wildman–Crippen MR) is 71.9 cm³/mol. The van der Waals surface area contributed by atoms with Crippen molar-refractivity contribution in [2.24, 2.45) is 0 Å². The summed E-state index contributed by atoms with van der Waals surface area (Å²) in [6.45, 7) is 4.15. The van der Waals surface area contributed by atoms with Crippen molar-refractivity contribution in [1.82, 2.24) is 9.55 Å². The molecule has 0 bridgehead atoms. The molecule has 1 aromatic heterocycles. The summed E-state index contributed by atoms with van der Waals surface area (Å²) in [7, 11) is -3.01. The van der Waals surface area contributed by atoms with Gasteiger partial charge in [0, 0.05) is 24.8 Å². The second-order valence-electron chi connectivity index (χ2n) is 4.57. The van der Waals surface area contributed by atoms with Crippen molar-refractivity contribution >= 4 is 21.4 Å². The van der Waals surface area contributed by atoms with E-state index in [1.165, 1.54) is 16.9 Å². The minimum absolute atomic E-state index is 0.0506. The van der Waals surface area contributed by atoms with Crippen LogP contribution < -0.4 is 5.56 Å². The Morgan fingerprint density at radius 3 is 2.56 bits per heavy atom. The second-order valence-corrected chi connectivity index (χ2v) is 7.21. The Balaban J connectivity index is 2.98. The smallest absolute Gasteiger partial charge is 0.254 e. The van der Waals surface area contributed by atoms with E-state index in [-0.39, 0.29) is 22.4 Å². The molecule has 0 spiro atoms. The minimum Gasteiger partial charge on any atom is -0.296 e. The van der Waals surface area contributed by atoms with Crippen molar-refractivity contribution in [1.29, 1.82) is 0 Å². The molecular weight excluding hydrogens is 276 g/mol. The lowest BCUT2D eigenvalue weighted by Gasteiger charge is -2.14. The number of hydrogen-bond donors (Lipinski definition) is 0. The molecule has 102 valence electrons. The van der Waals surface area contributed by atoms with Crippen LogP contribution in [0.2, 0.25) is 5.15 Å². The van der Waals surface area contributed by atoms with Crippen LogP contribution in [0, 0.1) is 0 Å². The Bertz CT molecular complexity index is 578. The standard InChI is InChI=1S/C11H17ClN2O3S/c1-8(2)11-13-9(12)7-10(15)14(11)5-4-6-18(3,16)17/h7-8H,4-6H2,1-3H3. The van der Waals surface area contributed by atoms with Crippen molar-refractivity contribution < 1.29 is 8.42 Å². The van der Waals surface area contributed by atoms with Gasteiger partial charge in [0.15, 0.2) is 0 Å². The number of halogens is 1. The number of hydrogen-bond acceptors (Lipinski definition) is 4. The van der Waals surface area contributed by atoms with E-state index in [0.717, 1.165) is 0 Å². The van der Waals surface area contributed by atoms with Crippen LogP contribution in [-0.2, 0) is 16.4 Å². The van der Waals surface area contributed by atoms with Gasteiger partial charge in [-0.2, -0.15) is 0 Å². The molecule has 1 aromatic rings. The molecule has 0 aliphatic rings. The third-order valence-corrected chi connectivity index (χ3v) is 3.64. The third-order valence-electron chi connectivity index (χ3n) is 2.42. The maximum atomic E-state index is 11.8. The van der Waals surface area contributed by atoms with Crippen LogP contribution in [0.1, 0.15) is 32.0 Å². The molecule has 0 amide bonds. The topological polar surface area (TPSA) is 69.0 Å². The summed E-state index contributed by atoms with van der Waals surface area (Å²) in [5.74, 6) is 0.690. The van der Waals surface area contributed by atoms with Crippen LogP contribution in [0.3, 0.4) is 0 Å². The van der Waals surface area contributed by atoms with Crippen LogP contribution in [0.15, 0.2) is 10.9 Å². The number of sulfone groups is 1.